The highest BCUT2D eigenvalue weighted by molar-refractivity contribution is 6.01. The molecule has 7 nitrogen and oxygen atoms in total. The number of anilines is 1. The molecule has 1 fully saturated rings. The lowest BCUT2D eigenvalue weighted by Gasteiger charge is -2.26. The number of aromatic amines is 1. The highest BCUT2D eigenvalue weighted by atomic mass is 19.4. The predicted octanol–water partition coefficient (Wildman–Crippen LogP) is 5.11. The van der Waals surface area contributed by atoms with Crippen LogP contribution < -0.4 is 10.3 Å². The Balaban J connectivity index is 2.03. The molecule has 0 saturated carbocycles. The molecule has 1 aliphatic rings. The number of hydrogen-bond acceptors (Lipinski definition) is 6. The molecule has 192 valence electrons. The van der Waals surface area contributed by atoms with Crippen molar-refractivity contribution in [2.45, 2.75) is 45.2 Å². The van der Waals surface area contributed by atoms with Gasteiger partial charge in [0.05, 0.1) is 17.8 Å². The van der Waals surface area contributed by atoms with Crippen molar-refractivity contribution in [2.75, 3.05) is 24.6 Å². The minimum atomic E-state index is -4.81. The van der Waals surface area contributed by atoms with Crippen LogP contribution in [0, 0.1) is 6.92 Å². The van der Waals surface area contributed by atoms with Crippen molar-refractivity contribution in [1.29, 1.82) is 0 Å². The number of nitrogens with zero attached hydrogens (tertiary/aromatic N) is 3. The smallest absolute Gasteiger partial charge is 0.433 e. The highest BCUT2D eigenvalue weighted by Gasteiger charge is 2.38. The van der Waals surface area contributed by atoms with Crippen LogP contribution in [-0.4, -0.2) is 46.5 Å². The number of fused-ring (bicyclic) bond motifs is 1. The van der Waals surface area contributed by atoms with Crippen LogP contribution in [0.3, 0.4) is 0 Å². The van der Waals surface area contributed by atoms with Crippen LogP contribution in [0.2, 0.25) is 0 Å². The number of H-pyrrole nitrogens is 1. The average molecular weight is 510 g/mol. The molecule has 0 aromatic carbocycles. The summed E-state index contributed by atoms with van der Waals surface area (Å²) in [5, 5.41) is 0. The van der Waals surface area contributed by atoms with E-state index in [9.17, 15) is 31.5 Å². The van der Waals surface area contributed by atoms with E-state index in [1.165, 1.54) is 31.0 Å². The van der Waals surface area contributed by atoms with Crippen molar-refractivity contribution in [3.63, 3.8) is 0 Å². The van der Waals surface area contributed by atoms with Crippen LogP contribution in [0.1, 0.15) is 47.8 Å². The lowest BCUT2D eigenvalue weighted by atomic mass is 10.0. The van der Waals surface area contributed by atoms with Gasteiger partial charge in [-0.05, 0) is 44.0 Å². The monoisotopic (exact) mass is 510 g/mol. The minimum absolute atomic E-state index is 0.00313. The molecule has 12 heteroatoms. The summed E-state index contributed by atoms with van der Waals surface area (Å²) in [6.07, 6.45) is -4.42. The van der Waals surface area contributed by atoms with Crippen LogP contribution in [-0.2, 0) is 10.9 Å². The van der Waals surface area contributed by atoms with Gasteiger partial charge >= 0.3 is 12.1 Å². The van der Waals surface area contributed by atoms with E-state index in [2.05, 4.69) is 15.0 Å². The summed E-state index contributed by atoms with van der Waals surface area (Å²) in [6, 6.07) is 4.23. The Bertz CT molecular complexity index is 1370. The number of esters is 1. The Morgan fingerprint density at radius 1 is 1.25 bits per heavy atom. The summed E-state index contributed by atoms with van der Waals surface area (Å²) in [4.78, 5) is 38.3. The third-order valence-corrected chi connectivity index (χ3v) is 5.99. The van der Waals surface area contributed by atoms with E-state index >= 15 is 0 Å². The SMILES string of the molecule is CCOC(=O)c1c(-c2cc(C)c(C(F)(F)F)nc2N2CCCC(F)(F)CC2)[nH]c2cccnc2c1=O. The summed E-state index contributed by atoms with van der Waals surface area (Å²) in [6.45, 7) is 2.43. The molecule has 4 rings (SSSR count). The molecular weight excluding hydrogens is 487 g/mol. The predicted molar refractivity (Wildman–Crippen MR) is 122 cm³/mol. The van der Waals surface area contributed by atoms with Crippen molar-refractivity contribution in [1.82, 2.24) is 15.0 Å². The van der Waals surface area contributed by atoms with Crippen molar-refractivity contribution in [3.05, 3.63) is 51.4 Å². The number of alkyl halides is 5. The minimum Gasteiger partial charge on any atom is -0.462 e. The number of nitrogens with one attached hydrogen (secondary N) is 1. The van der Waals surface area contributed by atoms with Crippen molar-refractivity contribution in [3.8, 4) is 11.3 Å². The lowest BCUT2D eigenvalue weighted by Crippen LogP contribution is -2.29. The zero-order valence-electron chi connectivity index (χ0n) is 19.5. The maximum absolute atomic E-state index is 14.0. The molecule has 36 heavy (non-hydrogen) atoms. The third kappa shape index (κ3) is 4.89. The zero-order chi connectivity index (χ0) is 26.3. The maximum Gasteiger partial charge on any atom is 0.433 e. The number of aromatic nitrogens is 3. The van der Waals surface area contributed by atoms with Gasteiger partial charge in [0, 0.05) is 37.7 Å². The molecule has 0 amide bonds. The Kier molecular flexibility index (Phi) is 6.72. The van der Waals surface area contributed by atoms with Gasteiger partial charge in [-0.2, -0.15) is 13.2 Å². The molecule has 1 saturated heterocycles. The molecule has 0 bridgehead atoms. The molecule has 1 N–H and O–H groups in total. The first kappa shape index (κ1) is 25.5. The molecule has 0 atom stereocenters. The summed E-state index contributed by atoms with van der Waals surface area (Å²) in [5.74, 6) is -4.21. The van der Waals surface area contributed by atoms with Crippen LogP contribution in [0.25, 0.3) is 22.3 Å². The summed E-state index contributed by atoms with van der Waals surface area (Å²) < 4.78 is 74.5. The fourth-order valence-corrected chi connectivity index (χ4v) is 4.31. The van der Waals surface area contributed by atoms with Gasteiger partial charge in [0.2, 0.25) is 11.4 Å². The second-order valence-electron chi connectivity index (χ2n) is 8.54. The molecule has 1 aliphatic heterocycles. The van der Waals surface area contributed by atoms with Gasteiger partial charge in [-0.15, -0.1) is 0 Å². The molecule has 0 spiro atoms. The quantitative estimate of drug-likeness (QED) is 0.388. The van der Waals surface area contributed by atoms with E-state index in [0.29, 0.717) is 0 Å². The fourth-order valence-electron chi connectivity index (χ4n) is 4.31. The van der Waals surface area contributed by atoms with Crippen molar-refractivity contribution in [2.24, 2.45) is 0 Å². The van der Waals surface area contributed by atoms with Crippen LogP contribution in [0.5, 0.6) is 0 Å². The van der Waals surface area contributed by atoms with Gasteiger partial charge in [0.25, 0.3) is 0 Å². The normalized spacial score (nSPS) is 16.1. The Labute approximate surface area is 202 Å². The van der Waals surface area contributed by atoms with Gasteiger partial charge in [-0.25, -0.2) is 18.6 Å². The number of ether oxygens (including phenoxy) is 1. The molecule has 3 aromatic heterocycles. The van der Waals surface area contributed by atoms with Gasteiger partial charge in [0.1, 0.15) is 22.6 Å². The van der Waals surface area contributed by atoms with E-state index in [4.69, 9.17) is 4.74 Å². The van der Waals surface area contributed by atoms with Crippen LogP contribution >= 0.6 is 0 Å². The standard InChI is InChI=1S/C24H23F5N4O3/c1-3-36-22(35)16-17(31-15-6-4-9-30-18(15)19(16)34)14-12-13(2)20(24(27,28)29)32-21(14)33-10-5-7-23(25,26)8-11-33/h4,6,9,12H,3,5,7-8,10-11H2,1-2H3,(H,31,34). The number of hydrogen-bond donors (Lipinski definition) is 1. The summed E-state index contributed by atoms with van der Waals surface area (Å²) in [5.41, 5.74) is -2.61. The van der Waals surface area contributed by atoms with Gasteiger partial charge in [0.15, 0.2) is 0 Å². The first-order valence-electron chi connectivity index (χ1n) is 11.3. The zero-order valence-corrected chi connectivity index (χ0v) is 19.5. The van der Waals surface area contributed by atoms with Crippen LogP contribution in [0.4, 0.5) is 27.8 Å². The highest BCUT2D eigenvalue weighted by Crippen LogP contribution is 2.39. The number of carbonyl (C=O) groups excluding carboxylic acids is 1. The molecule has 3 aromatic rings. The number of aryl methyl sites for hydroxylation is 1. The summed E-state index contributed by atoms with van der Waals surface area (Å²) in [7, 11) is 0. The molecule has 0 radical (unpaired) electrons. The summed E-state index contributed by atoms with van der Waals surface area (Å²) >= 11 is 0. The van der Waals surface area contributed by atoms with Crippen molar-refractivity contribution >= 4 is 22.8 Å². The maximum atomic E-state index is 14.0. The molecule has 0 aliphatic carbocycles. The van der Waals surface area contributed by atoms with E-state index < -0.39 is 47.6 Å². The fraction of sp³-hybridized carbons (Fsp3) is 0.417. The topological polar surface area (TPSA) is 88.2 Å². The second kappa shape index (κ2) is 9.47. The van der Waals surface area contributed by atoms with E-state index in [-0.39, 0.29) is 59.8 Å². The second-order valence-corrected chi connectivity index (χ2v) is 8.54. The number of pyridine rings is 3. The Hall–Kier alpha value is -3.57. The first-order chi connectivity index (χ1) is 16.9. The van der Waals surface area contributed by atoms with Crippen LogP contribution in [0.15, 0.2) is 29.2 Å². The first-order valence-corrected chi connectivity index (χ1v) is 11.3. The average Bonchev–Trinajstić information content (AvgIpc) is 2.98. The Morgan fingerprint density at radius 3 is 2.69 bits per heavy atom. The number of halogens is 5. The molecule has 4 heterocycles. The van der Waals surface area contributed by atoms with E-state index in [0.717, 1.165) is 6.07 Å². The Morgan fingerprint density at radius 2 is 2.00 bits per heavy atom. The number of carbonyl (C=O) groups is 1. The molecular formula is C24H23F5N4O3. The van der Waals surface area contributed by atoms with Crippen molar-refractivity contribution < 1.29 is 31.5 Å². The largest absolute Gasteiger partial charge is 0.462 e. The van der Waals surface area contributed by atoms with Gasteiger partial charge in [-0.3, -0.25) is 9.78 Å². The van der Waals surface area contributed by atoms with E-state index in [1.54, 1.807) is 6.07 Å². The van der Waals surface area contributed by atoms with Gasteiger partial charge in [-0.1, -0.05) is 0 Å². The lowest BCUT2D eigenvalue weighted by molar-refractivity contribution is -0.141. The van der Waals surface area contributed by atoms with Gasteiger partial charge < -0.3 is 14.6 Å². The van der Waals surface area contributed by atoms with E-state index in [1.807, 2.05) is 0 Å². The third-order valence-electron chi connectivity index (χ3n) is 5.99. The molecule has 0 unspecified atom stereocenters. The number of rotatable bonds is 4.